The predicted molar refractivity (Wildman–Crippen MR) is 190 cm³/mol. The smallest absolute Gasteiger partial charge is 0.351 e. The normalized spacial score (nSPS) is 13.5. The molecule has 3 aromatic carbocycles. The largest absolute Gasteiger partial charge is 0.397 e. The van der Waals surface area contributed by atoms with Gasteiger partial charge in [0.15, 0.2) is 0 Å². The van der Waals surface area contributed by atoms with E-state index in [4.69, 9.17) is 5.10 Å². The third-order valence-electron chi connectivity index (χ3n) is 9.80. The Morgan fingerprint density at radius 1 is 0.923 bits per heavy atom. The summed E-state index contributed by atoms with van der Waals surface area (Å²) in [6, 6.07) is 29.5. The number of carbonyl (C=O) groups excluding carboxylic acids is 1. The van der Waals surface area contributed by atoms with Crippen LogP contribution < -0.4 is 5.32 Å². The number of carbonyl (C=O) groups is 1. The molecular formula is C39H36F3N9O. The van der Waals surface area contributed by atoms with E-state index in [0.29, 0.717) is 53.5 Å². The summed E-state index contributed by atoms with van der Waals surface area (Å²) < 4.78 is 51.2. The molecule has 0 saturated heterocycles. The maximum atomic E-state index is 14.7. The Morgan fingerprint density at radius 3 is 2.42 bits per heavy atom. The molecule has 0 spiro atoms. The monoisotopic (exact) mass is 703 g/mol. The second-order valence-electron chi connectivity index (χ2n) is 13.2. The standard InChI is InChI=1S/C39H36F3N9O/c1-25-36(26(2)51(45-25)30-15-7-4-8-16-30)31(39(40,41)42)21-43-38(52)37-32(46-50-19-11-18-34(37)50)24-48-22-29(44-47-48)23-49-33-17-10-9-14-28(33)20-35(49)27-12-5-3-6-13-27/h3-10,12-17,20,22,31H,11,18-19,21,23-24H2,1-2H3,(H,43,52). The molecular weight excluding hydrogens is 667 g/mol. The zero-order chi connectivity index (χ0) is 36.0. The van der Waals surface area contributed by atoms with E-state index in [9.17, 15) is 18.0 Å². The van der Waals surface area contributed by atoms with Gasteiger partial charge >= 0.3 is 6.18 Å². The highest BCUT2D eigenvalue weighted by Crippen LogP contribution is 2.38. The highest BCUT2D eigenvalue weighted by Gasteiger charge is 2.44. The zero-order valence-electron chi connectivity index (χ0n) is 28.7. The second kappa shape index (κ2) is 13.3. The van der Waals surface area contributed by atoms with Gasteiger partial charge in [0.05, 0.1) is 47.6 Å². The van der Waals surface area contributed by atoms with Crippen LogP contribution in [-0.2, 0) is 26.1 Å². The number of hydrogen-bond donors (Lipinski definition) is 1. The summed E-state index contributed by atoms with van der Waals surface area (Å²) in [4.78, 5) is 13.8. The Bertz CT molecular complexity index is 2390. The van der Waals surface area contributed by atoms with Crippen LogP contribution in [-0.4, -0.2) is 57.8 Å². The number of rotatable bonds is 10. The van der Waals surface area contributed by atoms with Gasteiger partial charge in [0.25, 0.3) is 5.91 Å². The average Bonchev–Trinajstić information content (AvgIpc) is 3.96. The van der Waals surface area contributed by atoms with Crippen molar-refractivity contribution in [1.82, 2.24) is 44.4 Å². The van der Waals surface area contributed by atoms with Gasteiger partial charge in [-0.15, -0.1) is 5.10 Å². The first-order valence-corrected chi connectivity index (χ1v) is 17.2. The van der Waals surface area contributed by atoms with Gasteiger partial charge in [-0.05, 0) is 56.5 Å². The molecule has 0 radical (unpaired) electrons. The summed E-state index contributed by atoms with van der Waals surface area (Å²) >= 11 is 0. The van der Waals surface area contributed by atoms with Crippen molar-refractivity contribution in [3.63, 3.8) is 0 Å². The summed E-state index contributed by atoms with van der Waals surface area (Å²) in [5, 5.41) is 21.7. The van der Waals surface area contributed by atoms with Crippen LogP contribution in [0.15, 0.2) is 97.2 Å². The molecule has 5 heterocycles. The molecule has 1 amide bonds. The van der Waals surface area contributed by atoms with E-state index in [1.54, 1.807) is 47.5 Å². The molecule has 1 aliphatic heterocycles. The molecule has 0 saturated carbocycles. The van der Waals surface area contributed by atoms with E-state index in [2.05, 4.69) is 55.6 Å². The van der Waals surface area contributed by atoms with Crippen molar-refractivity contribution in [1.29, 1.82) is 0 Å². The Kier molecular flexibility index (Phi) is 8.48. The number of benzene rings is 3. The summed E-state index contributed by atoms with van der Waals surface area (Å²) in [5.74, 6) is -2.55. The first-order chi connectivity index (χ1) is 25.2. The number of nitrogens with zero attached hydrogens (tertiary/aromatic N) is 8. The van der Waals surface area contributed by atoms with Crippen LogP contribution >= 0.6 is 0 Å². The lowest BCUT2D eigenvalue weighted by Gasteiger charge is -2.22. The van der Waals surface area contributed by atoms with Gasteiger partial charge in [0.1, 0.15) is 11.6 Å². The van der Waals surface area contributed by atoms with E-state index < -0.39 is 24.5 Å². The van der Waals surface area contributed by atoms with Gasteiger partial charge in [-0.1, -0.05) is 71.9 Å². The molecule has 0 fully saturated rings. The minimum Gasteiger partial charge on any atom is -0.351 e. The number of amides is 1. The fraction of sp³-hybridized carbons (Fsp3) is 0.256. The van der Waals surface area contributed by atoms with Crippen LogP contribution in [0.2, 0.25) is 0 Å². The van der Waals surface area contributed by atoms with Gasteiger partial charge in [-0.3, -0.25) is 9.48 Å². The molecule has 1 atom stereocenters. The van der Waals surface area contributed by atoms with Crippen LogP contribution in [0.25, 0.3) is 27.8 Å². The molecule has 10 nitrogen and oxygen atoms in total. The number of aromatic nitrogens is 8. The molecule has 1 aliphatic rings. The SMILES string of the molecule is Cc1nn(-c2ccccc2)c(C)c1C(CNC(=O)c1c(Cn2cc(Cn3c(-c4ccccc4)cc4ccccc43)nn2)nn2c1CCC2)C(F)(F)F. The third-order valence-corrected chi connectivity index (χ3v) is 9.80. The van der Waals surface area contributed by atoms with E-state index >= 15 is 0 Å². The molecule has 264 valence electrons. The Balaban J connectivity index is 1.04. The number of alkyl halides is 3. The van der Waals surface area contributed by atoms with Crippen molar-refractivity contribution in [2.45, 2.75) is 58.4 Å². The van der Waals surface area contributed by atoms with Gasteiger partial charge in [-0.25, -0.2) is 9.36 Å². The van der Waals surface area contributed by atoms with E-state index in [1.165, 1.54) is 4.68 Å². The lowest BCUT2D eigenvalue weighted by molar-refractivity contribution is -0.149. The number of nitrogens with one attached hydrogen (secondary N) is 1. The lowest BCUT2D eigenvalue weighted by atomic mass is 9.96. The van der Waals surface area contributed by atoms with Crippen molar-refractivity contribution in [2.75, 3.05) is 6.54 Å². The van der Waals surface area contributed by atoms with Crippen LogP contribution in [0.1, 0.15) is 56.7 Å². The first kappa shape index (κ1) is 33.2. The Morgan fingerprint density at radius 2 is 1.65 bits per heavy atom. The third kappa shape index (κ3) is 6.16. The number of hydrogen-bond acceptors (Lipinski definition) is 5. The van der Waals surface area contributed by atoms with Crippen LogP contribution in [0.4, 0.5) is 13.2 Å². The highest BCUT2D eigenvalue weighted by molar-refractivity contribution is 5.96. The van der Waals surface area contributed by atoms with Crippen molar-refractivity contribution < 1.29 is 18.0 Å². The van der Waals surface area contributed by atoms with E-state index in [1.807, 2.05) is 42.6 Å². The number of para-hydroxylation sites is 2. The van der Waals surface area contributed by atoms with Crippen molar-refractivity contribution >= 4 is 16.8 Å². The van der Waals surface area contributed by atoms with Gasteiger partial charge in [0.2, 0.25) is 0 Å². The quantitative estimate of drug-likeness (QED) is 0.165. The fourth-order valence-corrected chi connectivity index (χ4v) is 7.44. The van der Waals surface area contributed by atoms with Crippen molar-refractivity contribution in [2.24, 2.45) is 0 Å². The summed E-state index contributed by atoms with van der Waals surface area (Å²) in [7, 11) is 0. The number of halogens is 3. The van der Waals surface area contributed by atoms with Crippen LogP contribution in [0.5, 0.6) is 0 Å². The molecule has 7 aromatic rings. The second-order valence-corrected chi connectivity index (χ2v) is 13.2. The number of aryl methyl sites for hydroxylation is 2. The Hall–Kier alpha value is -5.98. The highest BCUT2D eigenvalue weighted by atomic mass is 19.4. The van der Waals surface area contributed by atoms with Crippen LogP contribution in [0.3, 0.4) is 0 Å². The molecule has 13 heteroatoms. The maximum absolute atomic E-state index is 14.7. The summed E-state index contributed by atoms with van der Waals surface area (Å²) in [5.41, 5.74) is 6.71. The minimum atomic E-state index is -4.63. The molecule has 52 heavy (non-hydrogen) atoms. The average molecular weight is 704 g/mol. The van der Waals surface area contributed by atoms with Gasteiger partial charge < -0.3 is 9.88 Å². The maximum Gasteiger partial charge on any atom is 0.397 e. The molecule has 0 bridgehead atoms. The predicted octanol–water partition coefficient (Wildman–Crippen LogP) is 7.02. The fourth-order valence-electron chi connectivity index (χ4n) is 7.44. The minimum absolute atomic E-state index is 0.0538. The Labute approximate surface area is 297 Å². The number of fused-ring (bicyclic) bond motifs is 2. The molecule has 0 aliphatic carbocycles. The molecule has 1 unspecified atom stereocenters. The van der Waals surface area contributed by atoms with E-state index in [0.717, 1.165) is 28.6 Å². The molecule has 1 N–H and O–H groups in total. The van der Waals surface area contributed by atoms with Gasteiger partial charge in [-0.2, -0.15) is 23.4 Å². The van der Waals surface area contributed by atoms with Crippen LogP contribution in [0, 0.1) is 13.8 Å². The first-order valence-electron chi connectivity index (χ1n) is 17.2. The molecule has 8 rings (SSSR count). The zero-order valence-corrected chi connectivity index (χ0v) is 28.7. The van der Waals surface area contributed by atoms with Crippen molar-refractivity contribution in [3.8, 4) is 16.9 Å². The topological polar surface area (TPSA) is 100 Å². The summed E-state index contributed by atoms with van der Waals surface area (Å²) in [6.07, 6.45) is -1.40. The summed E-state index contributed by atoms with van der Waals surface area (Å²) in [6.45, 7) is 3.78. The van der Waals surface area contributed by atoms with Gasteiger partial charge in [0, 0.05) is 40.9 Å². The molecule has 4 aromatic heterocycles. The lowest BCUT2D eigenvalue weighted by Crippen LogP contribution is -2.36. The van der Waals surface area contributed by atoms with E-state index in [-0.39, 0.29) is 17.8 Å². The van der Waals surface area contributed by atoms with Crippen molar-refractivity contribution in [3.05, 3.63) is 137 Å².